The van der Waals surface area contributed by atoms with Crippen LogP contribution in [0.25, 0.3) is 11.5 Å². The summed E-state index contributed by atoms with van der Waals surface area (Å²) in [7, 11) is 0. The summed E-state index contributed by atoms with van der Waals surface area (Å²) < 4.78 is 5.55. The normalized spacial score (nSPS) is 19.3. The predicted molar refractivity (Wildman–Crippen MR) is 96.4 cm³/mol. The summed E-state index contributed by atoms with van der Waals surface area (Å²) in [5.74, 6) is 2.07. The van der Waals surface area contributed by atoms with Crippen LogP contribution in [0.1, 0.15) is 44.9 Å². The lowest BCUT2D eigenvalue weighted by Gasteiger charge is -2.40. The van der Waals surface area contributed by atoms with Crippen molar-refractivity contribution in [2.75, 3.05) is 19.6 Å². The molecule has 1 saturated carbocycles. The number of nitrogens with one attached hydrogen (secondary N) is 1. The molecule has 2 fully saturated rings. The minimum Gasteiger partial charge on any atom is -0.338 e. The van der Waals surface area contributed by atoms with Gasteiger partial charge in [0.05, 0.1) is 5.56 Å². The van der Waals surface area contributed by atoms with E-state index >= 15 is 0 Å². The first-order valence-electron chi connectivity index (χ1n) is 9.47. The zero-order valence-corrected chi connectivity index (χ0v) is 15.1. The van der Waals surface area contributed by atoms with Crippen LogP contribution in [-0.4, -0.2) is 45.7 Å². The zero-order chi connectivity index (χ0) is 18.0. The van der Waals surface area contributed by atoms with Gasteiger partial charge in [0, 0.05) is 37.4 Å². The van der Waals surface area contributed by atoms with E-state index < -0.39 is 0 Å². The number of carbonyl (C=O) groups is 1. The molecule has 0 aromatic carbocycles. The van der Waals surface area contributed by atoms with E-state index in [0.29, 0.717) is 12.4 Å². The quantitative estimate of drug-likeness (QED) is 0.891. The van der Waals surface area contributed by atoms with E-state index in [9.17, 15) is 4.79 Å². The van der Waals surface area contributed by atoms with Gasteiger partial charge in [-0.3, -0.25) is 4.98 Å². The van der Waals surface area contributed by atoms with Gasteiger partial charge in [-0.25, -0.2) is 4.79 Å². The maximum Gasteiger partial charge on any atom is 0.317 e. The van der Waals surface area contributed by atoms with Gasteiger partial charge in [-0.2, -0.15) is 4.98 Å². The van der Waals surface area contributed by atoms with Crippen molar-refractivity contribution in [3.8, 4) is 11.5 Å². The van der Waals surface area contributed by atoms with Crippen molar-refractivity contribution in [2.45, 2.75) is 44.4 Å². The number of hydrogen-bond donors (Lipinski definition) is 1. The Bertz CT molecular complexity index is 748. The Labute approximate surface area is 153 Å². The minimum atomic E-state index is -0.0892. The second-order valence-corrected chi connectivity index (χ2v) is 7.42. The van der Waals surface area contributed by atoms with E-state index in [0.717, 1.165) is 49.7 Å². The molecule has 138 valence electrons. The van der Waals surface area contributed by atoms with E-state index in [1.54, 1.807) is 12.4 Å². The Balaban J connectivity index is 1.54. The summed E-state index contributed by atoms with van der Waals surface area (Å²) in [5.41, 5.74) is 0.751. The molecule has 7 heteroatoms. The average molecular weight is 355 g/mol. The standard InChI is InChI=1S/C19H25N5O2/c1-2-21-18(25)24-10-7-19(8-11-24,12-14-5-6-14)17-22-16(26-23-17)15-4-3-9-20-13-15/h3-4,9,13-14H,2,5-8,10-12H2,1H3,(H,21,25). The molecule has 0 unspecified atom stereocenters. The summed E-state index contributed by atoms with van der Waals surface area (Å²) >= 11 is 0. The molecule has 2 aliphatic rings. The molecule has 7 nitrogen and oxygen atoms in total. The molecule has 3 heterocycles. The maximum atomic E-state index is 12.1. The second-order valence-electron chi connectivity index (χ2n) is 7.42. The molecule has 0 radical (unpaired) electrons. The first-order valence-corrected chi connectivity index (χ1v) is 9.47. The first kappa shape index (κ1) is 17.0. The molecule has 1 N–H and O–H groups in total. The molecule has 2 aromatic heterocycles. The highest BCUT2D eigenvalue weighted by Crippen LogP contribution is 2.46. The molecule has 4 rings (SSSR count). The van der Waals surface area contributed by atoms with E-state index in [1.165, 1.54) is 12.8 Å². The van der Waals surface area contributed by atoms with Crippen LogP contribution < -0.4 is 5.32 Å². The topological polar surface area (TPSA) is 84.2 Å². The zero-order valence-electron chi connectivity index (χ0n) is 15.1. The molecule has 2 amide bonds. The van der Waals surface area contributed by atoms with Crippen molar-refractivity contribution in [3.05, 3.63) is 30.4 Å². The lowest BCUT2D eigenvalue weighted by atomic mass is 9.73. The number of urea groups is 1. The van der Waals surface area contributed by atoms with Gasteiger partial charge in [-0.1, -0.05) is 18.0 Å². The lowest BCUT2D eigenvalue weighted by Crippen LogP contribution is -2.49. The highest BCUT2D eigenvalue weighted by atomic mass is 16.5. The average Bonchev–Trinajstić information content (AvgIpc) is 3.34. The highest BCUT2D eigenvalue weighted by molar-refractivity contribution is 5.74. The van der Waals surface area contributed by atoms with Crippen LogP contribution in [0.3, 0.4) is 0 Å². The fraction of sp³-hybridized carbons (Fsp3) is 0.579. The van der Waals surface area contributed by atoms with Crippen LogP contribution in [0.15, 0.2) is 29.0 Å². The Hall–Kier alpha value is -2.44. The number of hydrogen-bond acceptors (Lipinski definition) is 5. The van der Waals surface area contributed by atoms with Crippen molar-refractivity contribution in [2.24, 2.45) is 5.92 Å². The van der Waals surface area contributed by atoms with Crippen molar-refractivity contribution >= 4 is 6.03 Å². The maximum absolute atomic E-state index is 12.1. The Morgan fingerprint density at radius 3 is 2.85 bits per heavy atom. The molecule has 2 aromatic rings. The fourth-order valence-corrected chi connectivity index (χ4v) is 3.84. The Morgan fingerprint density at radius 2 is 2.19 bits per heavy atom. The number of amides is 2. The number of nitrogens with zero attached hydrogens (tertiary/aromatic N) is 4. The number of pyridine rings is 1. The number of likely N-dealkylation sites (tertiary alicyclic amines) is 1. The molecule has 1 saturated heterocycles. The monoisotopic (exact) mass is 355 g/mol. The van der Waals surface area contributed by atoms with Gasteiger partial charge in [0.2, 0.25) is 0 Å². The van der Waals surface area contributed by atoms with Gasteiger partial charge >= 0.3 is 6.03 Å². The van der Waals surface area contributed by atoms with Crippen molar-refractivity contribution < 1.29 is 9.32 Å². The molecule has 1 aliphatic heterocycles. The van der Waals surface area contributed by atoms with Crippen LogP contribution >= 0.6 is 0 Å². The summed E-state index contributed by atoms with van der Waals surface area (Å²) in [6.45, 7) is 4.06. The molecule has 0 spiro atoms. The smallest absolute Gasteiger partial charge is 0.317 e. The van der Waals surface area contributed by atoms with Gasteiger partial charge < -0.3 is 14.7 Å². The number of rotatable bonds is 5. The van der Waals surface area contributed by atoms with Gasteiger partial charge in [0.1, 0.15) is 0 Å². The number of aromatic nitrogens is 3. The summed E-state index contributed by atoms with van der Waals surface area (Å²) in [6, 6.07) is 3.82. The third-order valence-corrected chi connectivity index (χ3v) is 5.52. The van der Waals surface area contributed by atoms with E-state index in [2.05, 4.69) is 15.5 Å². The highest BCUT2D eigenvalue weighted by Gasteiger charge is 2.44. The molecule has 0 atom stereocenters. The first-order chi connectivity index (χ1) is 12.7. The van der Waals surface area contributed by atoms with Crippen LogP contribution in [0.4, 0.5) is 4.79 Å². The van der Waals surface area contributed by atoms with E-state index in [4.69, 9.17) is 9.51 Å². The number of carbonyl (C=O) groups excluding carboxylic acids is 1. The predicted octanol–water partition coefficient (Wildman–Crippen LogP) is 2.99. The summed E-state index contributed by atoms with van der Waals surface area (Å²) in [4.78, 5) is 22.9. The summed E-state index contributed by atoms with van der Waals surface area (Å²) in [6.07, 6.45) is 8.89. The van der Waals surface area contributed by atoms with Gasteiger partial charge in [0.25, 0.3) is 5.89 Å². The van der Waals surface area contributed by atoms with Crippen LogP contribution in [0.5, 0.6) is 0 Å². The SMILES string of the molecule is CCNC(=O)N1CCC(CC2CC2)(c2noc(-c3cccnc3)n2)CC1. The van der Waals surface area contributed by atoms with E-state index in [-0.39, 0.29) is 11.4 Å². The Morgan fingerprint density at radius 1 is 1.38 bits per heavy atom. The lowest BCUT2D eigenvalue weighted by molar-refractivity contribution is 0.145. The van der Waals surface area contributed by atoms with Crippen LogP contribution in [0.2, 0.25) is 0 Å². The van der Waals surface area contributed by atoms with E-state index in [1.807, 2.05) is 24.0 Å². The van der Waals surface area contributed by atoms with Gasteiger partial charge in [0.15, 0.2) is 5.82 Å². The van der Waals surface area contributed by atoms with Crippen LogP contribution in [0, 0.1) is 5.92 Å². The molecular formula is C19H25N5O2. The minimum absolute atomic E-state index is 0.0247. The molecule has 0 bridgehead atoms. The van der Waals surface area contributed by atoms with Gasteiger partial charge in [-0.05, 0) is 44.2 Å². The van der Waals surface area contributed by atoms with Crippen LogP contribution in [-0.2, 0) is 5.41 Å². The Kier molecular flexibility index (Phi) is 4.61. The largest absolute Gasteiger partial charge is 0.338 e. The number of piperidine rings is 1. The fourth-order valence-electron chi connectivity index (χ4n) is 3.84. The molecular weight excluding hydrogens is 330 g/mol. The third-order valence-electron chi connectivity index (χ3n) is 5.52. The molecule has 1 aliphatic carbocycles. The molecule has 26 heavy (non-hydrogen) atoms. The van der Waals surface area contributed by atoms with Crippen molar-refractivity contribution in [1.82, 2.24) is 25.3 Å². The van der Waals surface area contributed by atoms with Crippen molar-refractivity contribution in [3.63, 3.8) is 0 Å². The summed E-state index contributed by atoms with van der Waals surface area (Å²) in [5, 5.41) is 7.23. The second kappa shape index (κ2) is 7.05. The third kappa shape index (κ3) is 3.43. The van der Waals surface area contributed by atoms with Crippen molar-refractivity contribution in [1.29, 1.82) is 0 Å². The van der Waals surface area contributed by atoms with Gasteiger partial charge in [-0.15, -0.1) is 0 Å².